The molecule has 2 aromatic carbocycles. The molecule has 1 aromatic heterocycles. The van der Waals surface area contributed by atoms with E-state index >= 15 is 0 Å². The molecule has 0 radical (unpaired) electrons. The first-order valence-corrected chi connectivity index (χ1v) is 8.63. The average Bonchev–Trinajstić information content (AvgIpc) is 3.09. The van der Waals surface area contributed by atoms with Crippen molar-refractivity contribution in [3.8, 4) is 11.3 Å². The molecule has 0 unspecified atom stereocenters. The Labute approximate surface area is 153 Å². The largest absolute Gasteiger partial charge is 0.465 e. The molecule has 132 valence electrons. The monoisotopic (exact) mass is 369 g/mol. The van der Waals surface area contributed by atoms with E-state index in [1.807, 2.05) is 5.38 Å². The number of ether oxygens (including phenoxy) is 1. The Kier molecular flexibility index (Phi) is 5.38. The highest BCUT2D eigenvalue weighted by atomic mass is 32.1. The third kappa shape index (κ3) is 3.62. The molecule has 3 rings (SSSR count). The second-order valence-corrected chi connectivity index (χ2v) is 6.11. The first kappa shape index (κ1) is 17.8. The Bertz CT molecular complexity index is 1020. The standard InChI is InChI=1S/C19H16FN3O2S/c1-21-19-23(17(12-26-19)15-5-3-4-6-16(15)20)22-11-13-7-9-14(10-8-13)18(24)25-2/h3-12H,1-2H3/b21-19?,22-11-. The highest BCUT2D eigenvalue weighted by molar-refractivity contribution is 7.07. The van der Waals surface area contributed by atoms with E-state index < -0.39 is 5.97 Å². The zero-order valence-electron chi connectivity index (χ0n) is 14.2. The van der Waals surface area contributed by atoms with Crippen molar-refractivity contribution in [1.82, 2.24) is 4.68 Å². The van der Waals surface area contributed by atoms with Gasteiger partial charge in [-0.25, -0.2) is 13.9 Å². The smallest absolute Gasteiger partial charge is 0.337 e. The van der Waals surface area contributed by atoms with Gasteiger partial charge >= 0.3 is 5.97 Å². The fourth-order valence-corrected chi connectivity index (χ4v) is 3.16. The third-order valence-corrected chi connectivity index (χ3v) is 4.59. The highest BCUT2D eigenvalue weighted by Crippen LogP contribution is 2.23. The van der Waals surface area contributed by atoms with Gasteiger partial charge in [0.25, 0.3) is 0 Å². The summed E-state index contributed by atoms with van der Waals surface area (Å²) in [6.45, 7) is 0. The summed E-state index contributed by atoms with van der Waals surface area (Å²) in [6, 6.07) is 13.4. The summed E-state index contributed by atoms with van der Waals surface area (Å²) >= 11 is 1.38. The molecule has 26 heavy (non-hydrogen) atoms. The van der Waals surface area contributed by atoms with Gasteiger partial charge in [-0.15, -0.1) is 11.3 Å². The first-order valence-electron chi connectivity index (χ1n) is 7.75. The molecule has 0 aliphatic rings. The van der Waals surface area contributed by atoms with Crippen molar-refractivity contribution in [2.45, 2.75) is 0 Å². The van der Waals surface area contributed by atoms with Crippen LogP contribution in [0.4, 0.5) is 4.39 Å². The fraction of sp³-hybridized carbons (Fsp3) is 0.105. The lowest BCUT2D eigenvalue weighted by Crippen LogP contribution is -2.12. The predicted octanol–water partition coefficient (Wildman–Crippen LogP) is 3.56. The molecule has 0 bridgehead atoms. The van der Waals surface area contributed by atoms with Crippen molar-refractivity contribution in [1.29, 1.82) is 0 Å². The molecule has 0 saturated carbocycles. The Morgan fingerprint density at radius 3 is 2.58 bits per heavy atom. The van der Waals surface area contributed by atoms with Gasteiger partial charge in [-0.2, -0.15) is 5.10 Å². The summed E-state index contributed by atoms with van der Waals surface area (Å²) in [4.78, 5) is 16.3. The van der Waals surface area contributed by atoms with Crippen molar-refractivity contribution in [2.75, 3.05) is 14.2 Å². The topological polar surface area (TPSA) is 56.0 Å². The number of thiazole rings is 1. The third-order valence-electron chi connectivity index (χ3n) is 3.68. The molecule has 0 aliphatic carbocycles. The molecule has 0 amide bonds. The van der Waals surface area contributed by atoms with E-state index in [9.17, 15) is 9.18 Å². The molecule has 0 spiro atoms. The predicted molar refractivity (Wildman–Crippen MR) is 100.0 cm³/mol. The molecule has 3 aromatic rings. The molecule has 0 fully saturated rings. The van der Waals surface area contributed by atoms with Gasteiger partial charge in [-0.1, -0.05) is 24.3 Å². The van der Waals surface area contributed by atoms with Gasteiger partial charge in [-0.3, -0.25) is 4.99 Å². The van der Waals surface area contributed by atoms with E-state index in [1.54, 1.807) is 60.4 Å². The maximum atomic E-state index is 14.2. The zero-order valence-corrected chi connectivity index (χ0v) is 15.0. The number of hydrogen-bond donors (Lipinski definition) is 0. The quantitative estimate of drug-likeness (QED) is 0.522. The molecule has 1 heterocycles. The zero-order chi connectivity index (χ0) is 18.5. The normalized spacial score (nSPS) is 11.9. The van der Waals surface area contributed by atoms with Crippen LogP contribution in [-0.4, -0.2) is 31.0 Å². The van der Waals surface area contributed by atoms with Gasteiger partial charge in [0.2, 0.25) is 4.80 Å². The molecule has 7 heteroatoms. The number of methoxy groups -OCH3 is 1. The van der Waals surface area contributed by atoms with E-state index in [-0.39, 0.29) is 5.82 Å². The fourth-order valence-electron chi connectivity index (χ4n) is 2.36. The van der Waals surface area contributed by atoms with Crippen molar-refractivity contribution >= 4 is 23.5 Å². The maximum absolute atomic E-state index is 14.2. The van der Waals surface area contributed by atoms with Crippen LogP contribution >= 0.6 is 11.3 Å². The number of carbonyl (C=O) groups is 1. The van der Waals surface area contributed by atoms with E-state index in [0.717, 1.165) is 5.56 Å². The van der Waals surface area contributed by atoms with Crippen LogP contribution in [-0.2, 0) is 4.74 Å². The summed E-state index contributed by atoms with van der Waals surface area (Å²) in [5, 5.41) is 6.26. The summed E-state index contributed by atoms with van der Waals surface area (Å²) in [7, 11) is 3.00. The number of esters is 1. The number of aromatic nitrogens is 1. The second-order valence-electron chi connectivity index (χ2n) is 5.28. The van der Waals surface area contributed by atoms with Crippen LogP contribution in [0.3, 0.4) is 0 Å². The van der Waals surface area contributed by atoms with Crippen LogP contribution in [0, 0.1) is 5.82 Å². The Balaban J connectivity index is 1.97. The van der Waals surface area contributed by atoms with Crippen LogP contribution in [0.15, 0.2) is 64.0 Å². The number of halogens is 1. The minimum Gasteiger partial charge on any atom is -0.465 e. The van der Waals surface area contributed by atoms with Crippen LogP contribution in [0.1, 0.15) is 15.9 Å². The van der Waals surface area contributed by atoms with Crippen molar-refractivity contribution in [2.24, 2.45) is 10.1 Å². The van der Waals surface area contributed by atoms with Gasteiger partial charge in [0.1, 0.15) is 5.82 Å². The first-order chi connectivity index (χ1) is 12.6. The van der Waals surface area contributed by atoms with E-state index in [1.165, 1.54) is 24.5 Å². The molecule has 0 saturated heterocycles. The van der Waals surface area contributed by atoms with E-state index in [2.05, 4.69) is 14.8 Å². The maximum Gasteiger partial charge on any atom is 0.337 e. The molecular formula is C19H16FN3O2S. The number of carbonyl (C=O) groups excluding carboxylic acids is 1. The lowest BCUT2D eigenvalue weighted by molar-refractivity contribution is 0.0600. The Morgan fingerprint density at radius 2 is 1.92 bits per heavy atom. The van der Waals surface area contributed by atoms with Gasteiger partial charge in [0, 0.05) is 18.0 Å². The molecule has 0 N–H and O–H groups in total. The summed E-state index contributed by atoms with van der Waals surface area (Å²) in [6.07, 6.45) is 1.63. The molecular weight excluding hydrogens is 353 g/mol. The number of rotatable bonds is 4. The molecule has 0 atom stereocenters. The van der Waals surface area contributed by atoms with Crippen LogP contribution < -0.4 is 4.80 Å². The van der Waals surface area contributed by atoms with Gasteiger partial charge in [0.15, 0.2) is 0 Å². The van der Waals surface area contributed by atoms with Crippen molar-refractivity contribution < 1.29 is 13.9 Å². The Hall–Kier alpha value is -3.06. The van der Waals surface area contributed by atoms with Crippen molar-refractivity contribution in [3.05, 3.63) is 75.7 Å². The van der Waals surface area contributed by atoms with Gasteiger partial charge in [-0.05, 0) is 29.8 Å². The van der Waals surface area contributed by atoms with Crippen LogP contribution in [0.2, 0.25) is 0 Å². The van der Waals surface area contributed by atoms with Gasteiger partial charge < -0.3 is 4.74 Å². The van der Waals surface area contributed by atoms with Crippen molar-refractivity contribution in [3.63, 3.8) is 0 Å². The SMILES string of the molecule is CN=c1scc(-c2ccccc2F)n1/N=C\c1ccc(C(=O)OC)cc1. The van der Waals surface area contributed by atoms with Gasteiger partial charge in [0.05, 0.1) is 24.6 Å². The Morgan fingerprint density at radius 1 is 1.19 bits per heavy atom. The summed E-state index contributed by atoms with van der Waals surface area (Å²) in [5.41, 5.74) is 2.33. The number of nitrogens with zero attached hydrogens (tertiary/aromatic N) is 3. The van der Waals surface area contributed by atoms with Crippen LogP contribution in [0.25, 0.3) is 11.3 Å². The van der Waals surface area contributed by atoms with E-state index in [4.69, 9.17) is 0 Å². The minimum absolute atomic E-state index is 0.320. The number of benzene rings is 2. The van der Waals surface area contributed by atoms with Crippen LogP contribution in [0.5, 0.6) is 0 Å². The summed E-state index contributed by atoms with van der Waals surface area (Å²) in [5.74, 6) is -0.714. The minimum atomic E-state index is -0.394. The molecule has 0 aliphatic heterocycles. The molecule has 5 nitrogen and oxygen atoms in total. The lowest BCUT2D eigenvalue weighted by atomic mass is 10.1. The lowest BCUT2D eigenvalue weighted by Gasteiger charge is -2.04. The highest BCUT2D eigenvalue weighted by Gasteiger charge is 2.11. The van der Waals surface area contributed by atoms with E-state index in [0.29, 0.717) is 21.6 Å². The second kappa shape index (κ2) is 7.88. The summed E-state index contributed by atoms with van der Waals surface area (Å²) < 4.78 is 20.4. The average molecular weight is 369 g/mol. The number of hydrogen-bond acceptors (Lipinski definition) is 5.